The molecule has 1 aliphatic heterocycles. The summed E-state index contributed by atoms with van der Waals surface area (Å²) in [5, 5.41) is 7.90. The molecular weight excluding hydrogens is 322 g/mol. The Bertz CT molecular complexity index is 756. The van der Waals surface area contributed by atoms with Gasteiger partial charge in [-0.3, -0.25) is 4.79 Å². The molecule has 1 saturated heterocycles. The van der Waals surface area contributed by atoms with E-state index in [1.165, 1.54) is 0 Å². The number of aryl methyl sites for hydroxylation is 1. The van der Waals surface area contributed by atoms with Crippen molar-refractivity contribution in [1.29, 1.82) is 0 Å². The minimum atomic E-state index is -0.437. The van der Waals surface area contributed by atoms with Crippen LogP contribution in [0.2, 0.25) is 0 Å². The number of carbonyl (C=O) groups excluding carboxylic acids is 1. The van der Waals surface area contributed by atoms with Crippen LogP contribution in [0.1, 0.15) is 30.1 Å². The molecule has 0 unspecified atom stereocenters. The number of rotatable bonds is 4. The van der Waals surface area contributed by atoms with Gasteiger partial charge in [-0.05, 0) is 26.0 Å². The molecule has 0 saturated carbocycles. The minimum Gasteiger partial charge on any atom is -0.421 e. The van der Waals surface area contributed by atoms with Crippen LogP contribution in [0.15, 0.2) is 28.7 Å². The Kier molecular flexibility index (Phi) is 4.87. The van der Waals surface area contributed by atoms with E-state index in [9.17, 15) is 4.79 Å². The number of carbonyl (C=O) groups is 1. The Labute approximate surface area is 146 Å². The molecular formula is C18H23N3O4. The number of hydrogen-bond donors (Lipinski definition) is 0. The maximum Gasteiger partial charge on any atom is 0.254 e. The Morgan fingerprint density at radius 3 is 2.80 bits per heavy atom. The Morgan fingerprint density at radius 1 is 1.36 bits per heavy atom. The summed E-state index contributed by atoms with van der Waals surface area (Å²) in [7, 11) is 1.63. The lowest BCUT2D eigenvalue weighted by atomic mass is 10.0. The van der Waals surface area contributed by atoms with Gasteiger partial charge in [-0.1, -0.05) is 12.1 Å². The molecule has 1 aromatic carbocycles. The summed E-state index contributed by atoms with van der Waals surface area (Å²) in [4.78, 5) is 15.0. The first-order valence-electron chi connectivity index (χ1n) is 8.25. The predicted octanol–water partition coefficient (Wildman–Crippen LogP) is 2.31. The maximum atomic E-state index is 13.2. The van der Waals surface area contributed by atoms with Gasteiger partial charge in [0.1, 0.15) is 0 Å². The van der Waals surface area contributed by atoms with Gasteiger partial charge in [-0.2, -0.15) is 0 Å². The average molecular weight is 345 g/mol. The standard InChI is InChI=1S/C18H23N3O4/c1-12-19-20-16(24-12)14-7-5-6-8-15(14)17(22)21-9-13(10-23-4)25-18(2,3)11-21/h5-8,13H,9-11H2,1-4H3/t13-/m0/s1. The number of hydrogen-bond acceptors (Lipinski definition) is 6. The van der Waals surface area contributed by atoms with Gasteiger partial charge >= 0.3 is 0 Å². The van der Waals surface area contributed by atoms with Gasteiger partial charge in [0.25, 0.3) is 5.91 Å². The predicted molar refractivity (Wildman–Crippen MR) is 91.2 cm³/mol. The lowest BCUT2D eigenvalue weighted by Crippen LogP contribution is -2.55. The van der Waals surface area contributed by atoms with Crippen molar-refractivity contribution in [3.8, 4) is 11.5 Å². The van der Waals surface area contributed by atoms with Crippen LogP contribution in [0.25, 0.3) is 11.5 Å². The Hall–Kier alpha value is -2.25. The fourth-order valence-electron chi connectivity index (χ4n) is 3.15. The Balaban J connectivity index is 1.90. The third-order valence-electron chi connectivity index (χ3n) is 4.04. The molecule has 134 valence electrons. The highest BCUT2D eigenvalue weighted by molar-refractivity contribution is 6.00. The summed E-state index contributed by atoms with van der Waals surface area (Å²) in [6.07, 6.45) is -0.157. The lowest BCUT2D eigenvalue weighted by Gasteiger charge is -2.42. The van der Waals surface area contributed by atoms with Crippen LogP contribution in [0.4, 0.5) is 0 Å². The molecule has 1 atom stereocenters. The van der Waals surface area contributed by atoms with Gasteiger partial charge in [-0.25, -0.2) is 0 Å². The molecule has 25 heavy (non-hydrogen) atoms. The number of aromatic nitrogens is 2. The molecule has 1 aromatic heterocycles. The van der Waals surface area contributed by atoms with Crippen LogP contribution in [-0.2, 0) is 9.47 Å². The first kappa shape index (κ1) is 17.6. The van der Waals surface area contributed by atoms with Crippen molar-refractivity contribution >= 4 is 5.91 Å². The van der Waals surface area contributed by atoms with Gasteiger partial charge in [0, 0.05) is 27.1 Å². The second kappa shape index (κ2) is 6.93. The number of amides is 1. The number of ether oxygens (including phenoxy) is 2. The molecule has 0 radical (unpaired) electrons. The molecule has 7 heteroatoms. The lowest BCUT2D eigenvalue weighted by molar-refractivity contribution is -0.143. The fourth-order valence-corrected chi connectivity index (χ4v) is 3.15. The van der Waals surface area contributed by atoms with Crippen LogP contribution in [0, 0.1) is 6.92 Å². The number of methoxy groups -OCH3 is 1. The van der Waals surface area contributed by atoms with E-state index in [-0.39, 0.29) is 12.0 Å². The van der Waals surface area contributed by atoms with E-state index in [0.29, 0.717) is 42.6 Å². The molecule has 1 amide bonds. The fraction of sp³-hybridized carbons (Fsp3) is 0.500. The van der Waals surface area contributed by atoms with Crippen LogP contribution in [-0.4, -0.2) is 59.5 Å². The van der Waals surface area contributed by atoms with Crippen molar-refractivity contribution in [3.05, 3.63) is 35.7 Å². The van der Waals surface area contributed by atoms with Crippen molar-refractivity contribution in [1.82, 2.24) is 15.1 Å². The van der Waals surface area contributed by atoms with Gasteiger partial charge in [0.15, 0.2) is 0 Å². The zero-order valence-corrected chi connectivity index (χ0v) is 15.0. The number of morpholine rings is 1. The second-order valence-corrected chi connectivity index (χ2v) is 6.81. The zero-order chi connectivity index (χ0) is 18.0. The monoisotopic (exact) mass is 345 g/mol. The number of nitrogens with zero attached hydrogens (tertiary/aromatic N) is 3. The van der Waals surface area contributed by atoms with Gasteiger partial charge in [0.2, 0.25) is 11.8 Å². The molecule has 3 rings (SSSR count). The van der Waals surface area contributed by atoms with E-state index in [2.05, 4.69) is 10.2 Å². The largest absolute Gasteiger partial charge is 0.421 e. The van der Waals surface area contributed by atoms with Crippen molar-refractivity contribution in [2.75, 3.05) is 26.8 Å². The van der Waals surface area contributed by atoms with Crippen LogP contribution < -0.4 is 0 Å². The summed E-state index contributed by atoms with van der Waals surface area (Å²) in [5.74, 6) is 0.733. The topological polar surface area (TPSA) is 77.7 Å². The minimum absolute atomic E-state index is 0.0797. The molecule has 0 bridgehead atoms. The molecule has 0 spiro atoms. The number of benzene rings is 1. The average Bonchev–Trinajstić information content (AvgIpc) is 2.99. The van der Waals surface area contributed by atoms with E-state index in [4.69, 9.17) is 13.9 Å². The molecule has 7 nitrogen and oxygen atoms in total. The highest BCUT2D eigenvalue weighted by atomic mass is 16.5. The molecule has 0 aliphatic carbocycles. The third kappa shape index (κ3) is 3.88. The van der Waals surface area contributed by atoms with E-state index < -0.39 is 5.60 Å². The molecule has 0 N–H and O–H groups in total. The SMILES string of the molecule is COC[C@@H]1CN(C(=O)c2ccccc2-c2nnc(C)o2)CC(C)(C)O1. The molecule has 1 aliphatic rings. The van der Waals surface area contributed by atoms with E-state index >= 15 is 0 Å². The zero-order valence-electron chi connectivity index (χ0n) is 15.0. The van der Waals surface area contributed by atoms with Gasteiger partial charge < -0.3 is 18.8 Å². The van der Waals surface area contributed by atoms with Gasteiger partial charge in [0.05, 0.1) is 29.4 Å². The van der Waals surface area contributed by atoms with Crippen LogP contribution >= 0.6 is 0 Å². The third-order valence-corrected chi connectivity index (χ3v) is 4.04. The highest BCUT2D eigenvalue weighted by Gasteiger charge is 2.36. The summed E-state index contributed by atoms with van der Waals surface area (Å²) in [6.45, 7) is 7.10. The van der Waals surface area contributed by atoms with Crippen molar-refractivity contribution in [2.24, 2.45) is 0 Å². The maximum absolute atomic E-state index is 13.2. The summed E-state index contributed by atoms with van der Waals surface area (Å²) in [6, 6.07) is 7.28. The summed E-state index contributed by atoms with van der Waals surface area (Å²) >= 11 is 0. The summed E-state index contributed by atoms with van der Waals surface area (Å²) in [5.41, 5.74) is 0.744. The van der Waals surface area contributed by atoms with Crippen molar-refractivity contribution < 1.29 is 18.7 Å². The smallest absolute Gasteiger partial charge is 0.254 e. The molecule has 2 heterocycles. The first-order chi connectivity index (χ1) is 11.9. The second-order valence-electron chi connectivity index (χ2n) is 6.81. The first-order valence-corrected chi connectivity index (χ1v) is 8.25. The molecule has 1 fully saturated rings. The van der Waals surface area contributed by atoms with Gasteiger partial charge in [-0.15, -0.1) is 10.2 Å². The van der Waals surface area contributed by atoms with E-state index in [0.717, 1.165) is 0 Å². The van der Waals surface area contributed by atoms with Crippen molar-refractivity contribution in [2.45, 2.75) is 32.5 Å². The quantitative estimate of drug-likeness (QED) is 0.846. The summed E-state index contributed by atoms with van der Waals surface area (Å²) < 4.78 is 16.7. The van der Waals surface area contributed by atoms with Crippen LogP contribution in [0.5, 0.6) is 0 Å². The van der Waals surface area contributed by atoms with E-state index in [1.54, 1.807) is 25.0 Å². The van der Waals surface area contributed by atoms with Crippen LogP contribution in [0.3, 0.4) is 0 Å². The molecule has 2 aromatic rings. The van der Waals surface area contributed by atoms with Crippen molar-refractivity contribution in [3.63, 3.8) is 0 Å². The Morgan fingerprint density at radius 2 is 2.12 bits per heavy atom. The highest BCUT2D eigenvalue weighted by Crippen LogP contribution is 2.27. The van der Waals surface area contributed by atoms with E-state index in [1.807, 2.05) is 32.0 Å². The normalized spacial score (nSPS) is 19.8.